The smallest absolute Gasteiger partial charge is 0.231 e. The molecule has 0 aromatic carbocycles. The van der Waals surface area contributed by atoms with Crippen molar-refractivity contribution in [2.24, 2.45) is 5.92 Å². The zero-order valence-corrected chi connectivity index (χ0v) is 17.1. The molecule has 8 nitrogen and oxygen atoms in total. The topological polar surface area (TPSA) is 112 Å². The summed E-state index contributed by atoms with van der Waals surface area (Å²) in [5.74, 6) is 1.10. The van der Waals surface area contributed by atoms with Crippen LogP contribution < -0.4 is 5.32 Å². The fourth-order valence-electron chi connectivity index (χ4n) is 4.68. The molecule has 0 atom stereocenters. The first-order valence-corrected chi connectivity index (χ1v) is 10.6. The van der Waals surface area contributed by atoms with E-state index < -0.39 is 0 Å². The molecule has 31 heavy (non-hydrogen) atoms. The third-order valence-corrected chi connectivity index (χ3v) is 6.15. The minimum atomic E-state index is -0.112. The van der Waals surface area contributed by atoms with Crippen molar-refractivity contribution in [1.82, 2.24) is 24.5 Å². The van der Waals surface area contributed by atoms with Gasteiger partial charge in [0.2, 0.25) is 5.91 Å². The highest BCUT2D eigenvalue weighted by atomic mass is 16.1. The minimum absolute atomic E-state index is 0.112. The maximum atomic E-state index is 12.8. The number of nitrogens with zero attached hydrogens (tertiary/aromatic N) is 5. The molecule has 1 aliphatic rings. The number of imidazole rings is 1. The average molecular weight is 413 g/mol. The van der Waals surface area contributed by atoms with E-state index in [1.165, 1.54) is 0 Å². The maximum absolute atomic E-state index is 12.8. The number of aromatic amines is 1. The van der Waals surface area contributed by atoms with Gasteiger partial charge < -0.3 is 14.9 Å². The molecule has 0 aliphatic heterocycles. The second kappa shape index (κ2) is 8.19. The fraction of sp³-hybridized carbons (Fsp3) is 0.348. The summed E-state index contributed by atoms with van der Waals surface area (Å²) in [6.07, 6.45) is 11.7. The number of pyridine rings is 2. The molecule has 1 amide bonds. The van der Waals surface area contributed by atoms with Crippen LogP contribution in [-0.2, 0) is 11.2 Å². The monoisotopic (exact) mass is 413 g/mol. The van der Waals surface area contributed by atoms with E-state index in [9.17, 15) is 4.79 Å². The Hall–Kier alpha value is -3.73. The summed E-state index contributed by atoms with van der Waals surface area (Å²) in [6, 6.07) is 8.12. The summed E-state index contributed by atoms with van der Waals surface area (Å²) in [5.41, 5.74) is 3.37. The normalized spacial score (nSPS) is 18.8. The summed E-state index contributed by atoms with van der Waals surface area (Å²) in [5, 5.41) is 13.0. The first-order valence-electron chi connectivity index (χ1n) is 10.6. The quantitative estimate of drug-likeness (QED) is 0.511. The molecule has 2 N–H and O–H groups in total. The van der Waals surface area contributed by atoms with Crippen molar-refractivity contribution in [1.29, 1.82) is 5.26 Å². The van der Waals surface area contributed by atoms with Crippen LogP contribution in [-0.4, -0.2) is 30.4 Å². The Labute approximate surface area is 179 Å². The molecule has 0 unspecified atom stereocenters. The average Bonchev–Trinajstić information content (AvgIpc) is 3.39. The van der Waals surface area contributed by atoms with Crippen LogP contribution in [0.1, 0.15) is 44.0 Å². The summed E-state index contributed by atoms with van der Waals surface area (Å²) in [7, 11) is 0. The SMILES string of the molecule is N#CCC1CCC(n2c(CC(=O)Nc3ccncc3)nc3cnc4[nH]ccc4c32)CC1. The maximum Gasteiger partial charge on any atom is 0.231 e. The van der Waals surface area contributed by atoms with Crippen molar-refractivity contribution in [2.45, 2.75) is 44.6 Å². The van der Waals surface area contributed by atoms with Crippen LogP contribution >= 0.6 is 0 Å². The Morgan fingerprint density at radius 1 is 1.23 bits per heavy atom. The number of hydrogen-bond donors (Lipinski definition) is 2. The zero-order chi connectivity index (χ0) is 21.2. The zero-order valence-electron chi connectivity index (χ0n) is 17.1. The lowest BCUT2D eigenvalue weighted by atomic mass is 9.84. The Kier molecular flexibility index (Phi) is 5.08. The first kappa shape index (κ1) is 19.2. The van der Waals surface area contributed by atoms with Gasteiger partial charge in [0.1, 0.15) is 17.0 Å². The van der Waals surface area contributed by atoms with Crippen molar-refractivity contribution in [3.05, 3.63) is 48.8 Å². The Morgan fingerprint density at radius 2 is 2.03 bits per heavy atom. The van der Waals surface area contributed by atoms with Gasteiger partial charge in [-0.25, -0.2) is 9.97 Å². The molecule has 1 aliphatic carbocycles. The van der Waals surface area contributed by atoms with Crippen LogP contribution in [0.25, 0.3) is 22.1 Å². The highest BCUT2D eigenvalue weighted by Gasteiger charge is 2.27. The number of anilines is 1. The molecule has 0 radical (unpaired) electrons. The van der Waals surface area contributed by atoms with E-state index in [0.717, 1.165) is 59.3 Å². The van der Waals surface area contributed by atoms with Crippen molar-refractivity contribution < 1.29 is 4.79 Å². The number of carbonyl (C=O) groups is 1. The van der Waals surface area contributed by atoms with Crippen LogP contribution in [0.3, 0.4) is 0 Å². The minimum Gasteiger partial charge on any atom is -0.346 e. The van der Waals surface area contributed by atoms with E-state index in [2.05, 4.69) is 30.9 Å². The van der Waals surface area contributed by atoms with E-state index in [0.29, 0.717) is 12.3 Å². The lowest BCUT2D eigenvalue weighted by molar-refractivity contribution is -0.115. The summed E-state index contributed by atoms with van der Waals surface area (Å²) < 4.78 is 2.25. The Balaban J connectivity index is 1.51. The molecule has 1 fully saturated rings. The number of carbonyl (C=O) groups excluding carboxylic acids is 1. The third-order valence-electron chi connectivity index (χ3n) is 6.15. The molecule has 4 aromatic heterocycles. The van der Waals surface area contributed by atoms with Gasteiger partial charge in [0.25, 0.3) is 0 Å². The van der Waals surface area contributed by atoms with Gasteiger partial charge in [-0.05, 0) is 49.8 Å². The number of nitrogens with one attached hydrogen (secondary N) is 2. The van der Waals surface area contributed by atoms with Gasteiger partial charge in [-0.2, -0.15) is 5.26 Å². The van der Waals surface area contributed by atoms with Crippen molar-refractivity contribution in [3.63, 3.8) is 0 Å². The van der Waals surface area contributed by atoms with E-state index in [1.54, 1.807) is 30.7 Å². The standard InChI is InChI=1S/C23H23N7O/c24-9-5-15-1-3-17(4-2-15)30-20(13-21(31)28-16-6-10-25-11-7-16)29-19-14-27-23-18(22(19)30)8-12-26-23/h6-8,10-12,14-15,17H,1-5,13H2,(H,26,27)(H,25,28,31). The Bertz CT molecular complexity index is 1260. The predicted octanol–water partition coefficient (Wildman–Crippen LogP) is 4.13. The molecule has 4 aromatic rings. The number of nitriles is 1. The second-order valence-electron chi connectivity index (χ2n) is 8.13. The van der Waals surface area contributed by atoms with Crippen molar-refractivity contribution in [2.75, 3.05) is 5.32 Å². The molecule has 5 rings (SSSR count). The fourth-order valence-corrected chi connectivity index (χ4v) is 4.68. The van der Waals surface area contributed by atoms with E-state index >= 15 is 0 Å². The number of fused-ring (bicyclic) bond motifs is 3. The number of rotatable bonds is 5. The predicted molar refractivity (Wildman–Crippen MR) is 117 cm³/mol. The number of hydrogen-bond acceptors (Lipinski definition) is 5. The van der Waals surface area contributed by atoms with Gasteiger partial charge in [-0.1, -0.05) is 0 Å². The summed E-state index contributed by atoms with van der Waals surface area (Å²) in [6.45, 7) is 0. The Morgan fingerprint density at radius 3 is 2.81 bits per heavy atom. The van der Waals surface area contributed by atoms with Gasteiger partial charge in [-0.15, -0.1) is 0 Å². The lowest BCUT2D eigenvalue weighted by Gasteiger charge is -2.30. The van der Waals surface area contributed by atoms with Crippen molar-refractivity contribution in [3.8, 4) is 6.07 Å². The summed E-state index contributed by atoms with van der Waals surface area (Å²) in [4.78, 5) is 29.3. The van der Waals surface area contributed by atoms with E-state index in [4.69, 9.17) is 10.2 Å². The van der Waals surface area contributed by atoms with Gasteiger partial charge >= 0.3 is 0 Å². The van der Waals surface area contributed by atoms with Crippen LogP contribution in [0.4, 0.5) is 5.69 Å². The second-order valence-corrected chi connectivity index (χ2v) is 8.13. The molecule has 0 saturated heterocycles. The highest BCUT2D eigenvalue weighted by molar-refractivity contribution is 6.02. The molecule has 0 spiro atoms. The van der Waals surface area contributed by atoms with Crippen LogP contribution in [0.5, 0.6) is 0 Å². The lowest BCUT2D eigenvalue weighted by Crippen LogP contribution is -2.23. The molecular weight excluding hydrogens is 390 g/mol. The number of amides is 1. The molecule has 156 valence electrons. The molecular formula is C23H23N7O. The first-order chi connectivity index (χ1) is 15.2. The van der Waals surface area contributed by atoms with Crippen molar-refractivity contribution >= 4 is 33.7 Å². The highest BCUT2D eigenvalue weighted by Crippen LogP contribution is 2.38. The molecule has 8 heteroatoms. The third kappa shape index (κ3) is 3.75. The van der Waals surface area contributed by atoms with Gasteiger partial charge in [0, 0.05) is 42.1 Å². The number of H-pyrrole nitrogens is 1. The van der Waals surface area contributed by atoms with Gasteiger partial charge in [-0.3, -0.25) is 9.78 Å². The van der Waals surface area contributed by atoms with Gasteiger partial charge in [0.05, 0.1) is 24.2 Å². The van der Waals surface area contributed by atoms with Crippen LogP contribution in [0.2, 0.25) is 0 Å². The van der Waals surface area contributed by atoms with Crippen LogP contribution in [0, 0.1) is 17.2 Å². The van der Waals surface area contributed by atoms with E-state index in [-0.39, 0.29) is 18.4 Å². The molecule has 4 heterocycles. The van der Waals surface area contributed by atoms with Crippen LogP contribution in [0.15, 0.2) is 43.0 Å². The number of aromatic nitrogens is 5. The largest absolute Gasteiger partial charge is 0.346 e. The molecule has 1 saturated carbocycles. The molecule has 0 bridgehead atoms. The van der Waals surface area contributed by atoms with Gasteiger partial charge in [0.15, 0.2) is 0 Å². The summed E-state index contributed by atoms with van der Waals surface area (Å²) >= 11 is 0. The van der Waals surface area contributed by atoms with E-state index in [1.807, 2.05) is 12.3 Å².